The molecule has 0 aliphatic heterocycles. The van der Waals surface area contributed by atoms with Gasteiger partial charge >= 0.3 is 0 Å². The standard InChI is InChI=1S/C10H15ClN4O/c1-7-8(2)14-10(15-9(7)11)13-5-3-4-12-6-16/h6H,3-5H2,1-2H3,(H,12,16)(H,13,14,15). The van der Waals surface area contributed by atoms with Crippen LogP contribution in [0.1, 0.15) is 17.7 Å². The van der Waals surface area contributed by atoms with E-state index in [1.165, 1.54) is 0 Å². The first-order valence-corrected chi connectivity index (χ1v) is 5.44. The van der Waals surface area contributed by atoms with E-state index in [1.807, 2.05) is 13.8 Å². The summed E-state index contributed by atoms with van der Waals surface area (Å²) in [4.78, 5) is 18.4. The second kappa shape index (κ2) is 6.27. The molecule has 1 rings (SSSR count). The lowest BCUT2D eigenvalue weighted by molar-refractivity contribution is -0.109. The minimum atomic E-state index is 0.473. The zero-order valence-electron chi connectivity index (χ0n) is 9.38. The molecular weight excluding hydrogens is 228 g/mol. The Labute approximate surface area is 99.6 Å². The van der Waals surface area contributed by atoms with Crippen LogP contribution in [0.2, 0.25) is 5.15 Å². The van der Waals surface area contributed by atoms with Crippen molar-refractivity contribution in [2.75, 3.05) is 18.4 Å². The number of halogens is 1. The van der Waals surface area contributed by atoms with Crippen LogP contribution in [0.25, 0.3) is 0 Å². The van der Waals surface area contributed by atoms with Gasteiger partial charge in [0, 0.05) is 24.3 Å². The Bertz CT molecular complexity index is 347. The normalized spacial score (nSPS) is 9.94. The smallest absolute Gasteiger partial charge is 0.224 e. The van der Waals surface area contributed by atoms with E-state index in [-0.39, 0.29) is 0 Å². The number of amides is 1. The number of nitrogens with zero attached hydrogens (tertiary/aromatic N) is 2. The van der Waals surface area contributed by atoms with Crippen LogP contribution in [-0.4, -0.2) is 29.5 Å². The number of aromatic nitrogens is 2. The third-order valence-corrected chi connectivity index (χ3v) is 2.56. The van der Waals surface area contributed by atoms with Crippen molar-refractivity contribution < 1.29 is 4.79 Å². The van der Waals surface area contributed by atoms with Crippen molar-refractivity contribution in [3.8, 4) is 0 Å². The van der Waals surface area contributed by atoms with Crippen molar-refractivity contribution >= 4 is 24.0 Å². The number of nitrogens with one attached hydrogen (secondary N) is 2. The molecule has 0 saturated heterocycles. The van der Waals surface area contributed by atoms with E-state index in [4.69, 9.17) is 11.6 Å². The lowest BCUT2D eigenvalue weighted by Crippen LogP contribution is -2.16. The molecule has 0 radical (unpaired) electrons. The highest BCUT2D eigenvalue weighted by atomic mass is 35.5. The Morgan fingerprint density at radius 3 is 2.69 bits per heavy atom. The van der Waals surface area contributed by atoms with Crippen molar-refractivity contribution in [3.05, 3.63) is 16.4 Å². The molecule has 0 aromatic carbocycles. The summed E-state index contributed by atoms with van der Waals surface area (Å²) < 4.78 is 0. The van der Waals surface area contributed by atoms with Crippen LogP contribution in [0.15, 0.2) is 0 Å². The summed E-state index contributed by atoms with van der Waals surface area (Å²) in [5.41, 5.74) is 1.77. The molecule has 0 saturated carbocycles. The van der Waals surface area contributed by atoms with Gasteiger partial charge in [0.2, 0.25) is 12.4 Å². The number of hydrogen-bond donors (Lipinski definition) is 2. The fourth-order valence-electron chi connectivity index (χ4n) is 1.12. The molecule has 0 atom stereocenters. The maximum Gasteiger partial charge on any atom is 0.224 e. The highest BCUT2D eigenvalue weighted by Gasteiger charge is 2.04. The summed E-state index contributed by atoms with van der Waals surface area (Å²) in [5, 5.41) is 6.10. The molecule has 1 heterocycles. The first-order chi connectivity index (χ1) is 7.65. The highest BCUT2D eigenvalue weighted by molar-refractivity contribution is 6.30. The van der Waals surface area contributed by atoms with Crippen molar-refractivity contribution in [3.63, 3.8) is 0 Å². The van der Waals surface area contributed by atoms with Crippen molar-refractivity contribution in [1.29, 1.82) is 0 Å². The van der Waals surface area contributed by atoms with E-state index in [2.05, 4.69) is 20.6 Å². The second-order valence-corrected chi connectivity index (χ2v) is 3.76. The monoisotopic (exact) mass is 242 g/mol. The van der Waals surface area contributed by atoms with Crippen LogP contribution in [0, 0.1) is 13.8 Å². The van der Waals surface area contributed by atoms with Crippen LogP contribution in [0.4, 0.5) is 5.95 Å². The molecule has 6 heteroatoms. The summed E-state index contributed by atoms with van der Waals surface area (Å²) in [6, 6.07) is 0. The van der Waals surface area contributed by atoms with E-state index in [0.717, 1.165) is 17.7 Å². The Morgan fingerprint density at radius 2 is 2.06 bits per heavy atom. The summed E-state index contributed by atoms with van der Waals surface area (Å²) in [6.45, 7) is 5.10. The minimum Gasteiger partial charge on any atom is -0.359 e. The fraction of sp³-hybridized carbons (Fsp3) is 0.500. The number of anilines is 1. The zero-order valence-corrected chi connectivity index (χ0v) is 10.1. The molecule has 1 amide bonds. The Morgan fingerprint density at radius 1 is 1.31 bits per heavy atom. The number of rotatable bonds is 6. The molecule has 0 spiro atoms. The van der Waals surface area contributed by atoms with Gasteiger partial charge in [-0.2, -0.15) is 0 Å². The van der Waals surface area contributed by atoms with Gasteiger partial charge in [0.1, 0.15) is 5.15 Å². The molecule has 1 aromatic heterocycles. The lowest BCUT2D eigenvalue weighted by Gasteiger charge is -2.07. The molecule has 5 nitrogen and oxygen atoms in total. The molecule has 0 fully saturated rings. The van der Waals surface area contributed by atoms with Crippen molar-refractivity contribution in [2.45, 2.75) is 20.3 Å². The highest BCUT2D eigenvalue weighted by Crippen LogP contribution is 2.16. The van der Waals surface area contributed by atoms with Gasteiger partial charge in [-0.25, -0.2) is 9.97 Å². The molecule has 0 bridgehead atoms. The Balaban J connectivity index is 2.45. The zero-order chi connectivity index (χ0) is 12.0. The SMILES string of the molecule is Cc1nc(NCCCNC=O)nc(Cl)c1C. The lowest BCUT2D eigenvalue weighted by atomic mass is 10.3. The molecule has 0 aliphatic carbocycles. The number of aryl methyl sites for hydroxylation is 1. The largest absolute Gasteiger partial charge is 0.359 e. The molecule has 0 aliphatic rings. The van der Waals surface area contributed by atoms with Gasteiger partial charge in [0.25, 0.3) is 0 Å². The summed E-state index contributed by atoms with van der Waals surface area (Å²) in [5.74, 6) is 0.527. The molecular formula is C10H15ClN4O. The predicted molar refractivity (Wildman–Crippen MR) is 63.7 cm³/mol. The average molecular weight is 243 g/mol. The van der Waals surface area contributed by atoms with E-state index >= 15 is 0 Å². The van der Waals surface area contributed by atoms with Gasteiger partial charge in [-0.1, -0.05) is 11.6 Å². The van der Waals surface area contributed by atoms with E-state index in [0.29, 0.717) is 30.6 Å². The first kappa shape index (κ1) is 12.7. The average Bonchev–Trinajstić information content (AvgIpc) is 2.25. The third-order valence-electron chi connectivity index (χ3n) is 2.19. The molecule has 0 unspecified atom stereocenters. The van der Waals surface area contributed by atoms with E-state index in [9.17, 15) is 4.79 Å². The first-order valence-electron chi connectivity index (χ1n) is 5.06. The predicted octanol–water partition coefficient (Wildman–Crippen LogP) is 1.29. The van der Waals surface area contributed by atoms with Gasteiger partial charge < -0.3 is 10.6 Å². The van der Waals surface area contributed by atoms with Gasteiger partial charge in [-0.15, -0.1) is 0 Å². The molecule has 16 heavy (non-hydrogen) atoms. The number of carbonyl (C=O) groups excluding carboxylic acids is 1. The number of hydrogen-bond acceptors (Lipinski definition) is 4. The fourth-order valence-corrected chi connectivity index (χ4v) is 1.34. The summed E-state index contributed by atoms with van der Waals surface area (Å²) in [7, 11) is 0. The molecule has 1 aromatic rings. The summed E-state index contributed by atoms with van der Waals surface area (Å²) in [6.07, 6.45) is 1.50. The van der Waals surface area contributed by atoms with Crippen LogP contribution in [0.3, 0.4) is 0 Å². The third kappa shape index (κ3) is 3.66. The van der Waals surface area contributed by atoms with Crippen LogP contribution >= 0.6 is 11.6 Å². The molecule has 88 valence electrons. The number of carbonyl (C=O) groups is 1. The van der Waals surface area contributed by atoms with Crippen molar-refractivity contribution in [1.82, 2.24) is 15.3 Å². The van der Waals surface area contributed by atoms with Crippen LogP contribution in [0.5, 0.6) is 0 Å². The maximum absolute atomic E-state index is 9.99. The van der Waals surface area contributed by atoms with Gasteiger partial charge in [-0.05, 0) is 20.3 Å². The Hall–Kier alpha value is -1.36. The van der Waals surface area contributed by atoms with Gasteiger partial charge in [-0.3, -0.25) is 4.79 Å². The topological polar surface area (TPSA) is 66.9 Å². The van der Waals surface area contributed by atoms with E-state index in [1.54, 1.807) is 0 Å². The van der Waals surface area contributed by atoms with E-state index < -0.39 is 0 Å². The second-order valence-electron chi connectivity index (χ2n) is 3.40. The Kier molecular flexibility index (Phi) is 4.98. The van der Waals surface area contributed by atoms with Gasteiger partial charge in [0.05, 0.1) is 0 Å². The van der Waals surface area contributed by atoms with Gasteiger partial charge in [0.15, 0.2) is 0 Å². The van der Waals surface area contributed by atoms with Crippen molar-refractivity contribution in [2.24, 2.45) is 0 Å². The van der Waals surface area contributed by atoms with Crippen LogP contribution < -0.4 is 10.6 Å². The molecule has 2 N–H and O–H groups in total. The summed E-state index contributed by atoms with van der Waals surface area (Å²) >= 11 is 5.93. The maximum atomic E-state index is 9.99. The minimum absolute atomic E-state index is 0.473. The quantitative estimate of drug-likeness (QED) is 0.448. The van der Waals surface area contributed by atoms with Crippen LogP contribution in [-0.2, 0) is 4.79 Å².